The number of aromatic amines is 1. The number of aromatic nitrogens is 1. The quantitative estimate of drug-likeness (QED) is 0.836. The van der Waals surface area contributed by atoms with Crippen molar-refractivity contribution in [1.82, 2.24) is 4.98 Å². The van der Waals surface area contributed by atoms with E-state index >= 15 is 0 Å². The molecule has 2 N–H and O–H groups in total. The molecule has 5 nitrogen and oxygen atoms in total. The number of carbonyl (C=O) groups excluding carboxylic acids is 1. The molecule has 0 bridgehead atoms. The van der Waals surface area contributed by atoms with E-state index in [0.29, 0.717) is 11.3 Å². The zero-order chi connectivity index (χ0) is 15.4. The third-order valence-corrected chi connectivity index (χ3v) is 4.39. The Bertz CT molecular complexity index is 558. The highest BCUT2D eigenvalue weighted by Crippen LogP contribution is 2.39. The molecular formula is C16H23NO4. The van der Waals surface area contributed by atoms with Crippen LogP contribution in [0.25, 0.3) is 0 Å². The van der Waals surface area contributed by atoms with E-state index in [2.05, 4.69) is 4.98 Å². The van der Waals surface area contributed by atoms with Crippen LogP contribution in [0, 0.1) is 12.8 Å². The van der Waals surface area contributed by atoms with E-state index in [-0.39, 0.29) is 35.5 Å². The van der Waals surface area contributed by atoms with Crippen LogP contribution in [0.15, 0.2) is 10.9 Å². The molecule has 2 rings (SSSR count). The Hall–Kier alpha value is -1.78. The Balaban J connectivity index is 2.38. The second-order valence-corrected chi connectivity index (χ2v) is 5.87. The van der Waals surface area contributed by atoms with Crippen LogP contribution >= 0.6 is 0 Å². The molecule has 5 heteroatoms. The van der Waals surface area contributed by atoms with Gasteiger partial charge < -0.3 is 14.8 Å². The van der Waals surface area contributed by atoms with Crippen LogP contribution < -0.4 is 5.56 Å². The Morgan fingerprint density at radius 3 is 2.67 bits per heavy atom. The first kappa shape index (κ1) is 15.6. The molecule has 1 fully saturated rings. The topological polar surface area (TPSA) is 79.4 Å². The number of hydrogen-bond acceptors (Lipinski definition) is 4. The van der Waals surface area contributed by atoms with Gasteiger partial charge in [-0.2, -0.15) is 0 Å². The van der Waals surface area contributed by atoms with Crippen molar-refractivity contribution in [2.24, 2.45) is 5.92 Å². The third-order valence-electron chi connectivity index (χ3n) is 4.39. The minimum Gasteiger partial charge on any atom is -0.507 e. The van der Waals surface area contributed by atoms with E-state index < -0.39 is 0 Å². The van der Waals surface area contributed by atoms with E-state index in [4.69, 9.17) is 4.74 Å². The predicted molar refractivity (Wildman–Crippen MR) is 79.4 cm³/mol. The van der Waals surface area contributed by atoms with Crippen LogP contribution in [0.3, 0.4) is 0 Å². The average molecular weight is 293 g/mol. The first-order valence-corrected chi connectivity index (χ1v) is 7.52. The Kier molecular flexibility index (Phi) is 5.04. The van der Waals surface area contributed by atoms with Gasteiger partial charge in [0.2, 0.25) is 0 Å². The SMILES string of the molecule is COC(=O)CC(c1c(O)cc(C)[nH]c1=O)C1CCCCC1. The Morgan fingerprint density at radius 2 is 2.10 bits per heavy atom. The fourth-order valence-electron chi connectivity index (χ4n) is 3.34. The van der Waals surface area contributed by atoms with Crippen molar-refractivity contribution in [2.75, 3.05) is 7.11 Å². The lowest BCUT2D eigenvalue weighted by molar-refractivity contribution is -0.141. The molecule has 1 aromatic rings. The van der Waals surface area contributed by atoms with Crippen LogP contribution in [0.5, 0.6) is 5.75 Å². The van der Waals surface area contributed by atoms with E-state index in [1.165, 1.54) is 13.5 Å². The summed E-state index contributed by atoms with van der Waals surface area (Å²) in [5, 5.41) is 10.2. The summed E-state index contributed by atoms with van der Waals surface area (Å²) >= 11 is 0. The third kappa shape index (κ3) is 3.65. The van der Waals surface area contributed by atoms with Crippen LogP contribution in [-0.2, 0) is 9.53 Å². The predicted octanol–water partition coefficient (Wildman–Crippen LogP) is 2.62. The van der Waals surface area contributed by atoms with Crippen LogP contribution in [0.4, 0.5) is 0 Å². The van der Waals surface area contributed by atoms with Gasteiger partial charge >= 0.3 is 5.97 Å². The number of carbonyl (C=O) groups is 1. The van der Waals surface area contributed by atoms with Crippen molar-refractivity contribution in [3.05, 3.63) is 27.7 Å². The lowest BCUT2D eigenvalue weighted by Gasteiger charge is -2.29. The molecule has 0 aliphatic heterocycles. The molecule has 116 valence electrons. The van der Waals surface area contributed by atoms with Gasteiger partial charge in [-0.1, -0.05) is 19.3 Å². The second kappa shape index (κ2) is 6.78. The van der Waals surface area contributed by atoms with Gasteiger partial charge in [0.25, 0.3) is 5.56 Å². The molecule has 0 aromatic carbocycles. The van der Waals surface area contributed by atoms with E-state index in [1.807, 2.05) is 0 Å². The number of esters is 1. The molecule has 21 heavy (non-hydrogen) atoms. The van der Waals surface area contributed by atoms with E-state index in [1.54, 1.807) is 13.0 Å². The van der Waals surface area contributed by atoms with Crippen molar-refractivity contribution in [3.63, 3.8) is 0 Å². The molecule has 1 aliphatic rings. The zero-order valence-corrected chi connectivity index (χ0v) is 12.6. The molecule has 1 aliphatic carbocycles. The van der Waals surface area contributed by atoms with Crippen molar-refractivity contribution < 1.29 is 14.6 Å². The fourth-order valence-corrected chi connectivity index (χ4v) is 3.34. The molecule has 0 saturated heterocycles. The number of hydrogen-bond donors (Lipinski definition) is 2. The molecule has 0 spiro atoms. The fraction of sp³-hybridized carbons (Fsp3) is 0.625. The average Bonchev–Trinajstić information content (AvgIpc) is 2.46. The van der Waals surface area contributed by atoms with Gasteiger partial charge in [0.1, 0.15) is 5.75 Å². The lowest BCUT2D eigenvalue weighted by Crippen LogP contribution is -2.26. The number of rotatable bonds is 4. The second-order valence-electron chi connectivity index (χ2n) is 5.87. The smallest absolute Gasteiger partial charge is 0.306 e. The standard InChI is InChI=1S/C16H23NO4/c1-10-8-13(18)15(16(20)17-10)12(9-14(19)21-2)11-6-4-3-5-7-11/h8,11-12H,3-7,9H2,1-2H3,(H2,17,18,20). The number of methoxy groups -OCH3 is 1. The summed E-state index contributed by atoms with van der Waals surface area (Å²) in [6.07, 6.45) is 5.50. The molecule has 1 unspecified atom stereocenters. The molecule has 1 aromatic heterocycles. The molecular weight excluding hydrogens is 270 g/mol. The van der Waals surface area contributed by atoms with Crippen LogP contribution in [-0.4, -0.2) is 23.2 Å². The van der Waals surface area contributed by atoms with Gasteiger partial charge in [0.15, 0.2) is 0 Å². The van der Waals surface area contributed by atoms with Crippen molar-refractivity contribution in [3.8, 4) is 5.75 Å². The molecule has 0 radical (unpaired) electrons. The number of pyridine rings is 1. The van der Waals surface area contributed by atoms with Gasteiger partial charge in [-0.25, -0.2) is 0 Å². The Morgan fingerprint density at radius 1 is 1.43 bits per heavy atom. The van der Waals surface area contributed by atoms with Gasteiger partial charge in [0.05, 0.1) is 19.1 Å². The number of ether oxygens (including phenoxy) is 1. The first-order chi connectivity index (χ1) is 10.0. The normalized spacial score (nSPS) is 17.4. The maximum atomic E-state index is 12.2. The zero-order valence-electron chi connectivity index (χ0n) is 12.6. The number of aromatic hydroxyl groups is 1. The highest BCUT2D eigenvalue weighted by Gasteiger charge is 2.31. The Labute approximate surface area is 124 Å². The number of H-pyrrole nitrogens is 1. The monoisotopic (exact) mass is 293 g/mol. The number of nitrogens with one attached hydrogen (secondary N) is 1. The minimum atomic E-state index is -0.343. The maximum Gasteiger partial charge on any atom is 0.306 e. The largest absolute Gasteiger partial charge is 0.507 e. The van der Waals surface area contributed by atoms with Gasteiger partial charge in [-0.3, -0.25) is 9.59 Å². The summed E-state index contributed by atoms with van der Waals surface area (Å²) in [5.41, 5.74) is 0.645. The number of aryl methyl sites for hydroxylation is 1. The van der Waals surface area contributed by atoms with E-state index in [9.17, 15) is 14.7 Å². The van der Waals surface area contributed by atoms with Crippen molar-refractivity contribution in [2.45, 2.75) is 51.4 Å². The van der Waals surface area contributed by atoms with Gasteiger partial charge in [-0.05, 0) is 31.7 Å². The van der Waals surface area contributed by atoms with Crippen LogP contribution in [0.2, 0.25) is 0 Å². The highest BCUT2D eigenvalue weighted by atomic mass is 16.5. The summed E-state index contributed by atoms with van der Waals surface area (Å²) in [5.74, 6) is -0.393. The van der Waals surface area contributed by atoms with Crippen molar-refractivity contribution in [1.29, 1.82) is 0 Å². The molecule has 0 amide bonds. The highest BCUT2D eigenvalue weighted by molar-refractivity contribution is 5.70. The molecule has 1 heterocycles. The maximum absolute atomic E-state index is 12.2. The summed E-state index contributed by atoms with van der Waals surface area (Å²) in [4.78, 5) is 26.7. The summed E-state index contributed by atoms with van der Waals surface area (Å²) in [6.45, 7) is 1.72. The van der Waals surface area contributed by atoms with Crippen molar-refractivity contribution >= 4 is 5.97 Å². The lowest BCUT2D eigenvalue weighted by atomic mass is 9.75. The first-order valence-electron chi connectivity index (χ1n) is 7.52. The summed E-state index contributed by atoms with van der Waals surface area (Å²) in [7, 11) is 1.35. The van der Waals surface area contributed by atoms with Gasteiger partial charge in [0, 0.05) is 11.6 Å². The summed E-state index contributed by atoms with van der Waals surface area (Å²) < 4.78 is 4.76. The van der Waals surface area contributed by atoms with Gasteiger partial charge in [-0.15, -0.1) is 0 Å². The molecule has 1 saturated carbocycles. The summed E-state index contributed by atoms with van der Waals surface area (Å²) in [6, 6.07) is 1.55. The van der Waals surface area contributed by atoms with Crippen LogP contribution in [0.1, 0.15) is 55.7 Å². The minimum absolute atomic E-state index is 0.0178. The molecule has 1 atom stereocenters. The van der Waals surface area contributed by atoms with E-state index in [0.717, 1.165) is 25.7 Å².